The van der Waals surface area contributed by atoms with Gasteiger partial charge in [-0.1, -0.05) is 24.3 Å². The molecule has 0 spiro atoms. The van der Waals surface area contributed by atoms with E-state index in [0.29, 0.717) is 0 Å². The van der Waals surface area contributed by atoms with Gasteiger partial charge in [0.25, 0.3) is 0 Å². The zero-order chi connectivity index (χ0) is 14.2. The van der Waals surface area contributed by atoms with E-state index < -0.39 is 7.26 Å². The van der Waals surface area contributed by atoms with Gasteiger partial charge in [-0.15, -0.1) is 29.8 Å². The summed E-state index contributed by atoms with van der Waals surface area (Å²) in [4.78, 5) is 4.58. The molecule has 0 saturated carbocycles. The molecule has 0 unspecified atom stereocenters. The molecule has 21 heavy (non-hydrogen) atoms. The normalized spacial score (nSPS) is 11.2. The van der Waals surface area contributed by atoms with Gasteiger partial charge >= 0.3 is 0 Å². The largest absolute Gasteiger partial charge is 0.304 e. The van der Waals surface area contributed by atoms with Crippen molar-refractivity contribution in [2.75, 3.05) is 20.0 Å². The summed E-state index contributed by atoms with van der Waals surface area (Å²) < 4.78 is 0. The smallest absolute Gasteiger partial charge is 0.0515 e. The first-order valence-electron chi connectivity index (χ1n) is 6.73. The third-order valence-electron chi connectivity index (χ3n) is 3.49. The molecule has 1 radical (unpaired) electrons. The molecular formula is C18H18IrNP. The minimum Gasteiger partial charge on any atom is -0.304 e. The summed E-state index contributed by atoms with van der Waals surface area (Å²) in [5.41, 5.74) is 2.12. The predicted molar refractivity (Wildman–Crippen MR) is 90.3 cm³/mol. The Kier molecular flexibility index (Phi) is 4.94. The molecule has 0 fully saturated rings. The Bertz CT molecular complexity index is 757. The first-order chi connectivity index (χ1) is 9.55. The van der Waals surface area contributed by atoms with Crippen LogP contribution in [0.2, 0.25) is 0 Å². The van der Waals surface area contributed by atoms with Gasteiger partial charge in [-0.3, -0.25) is 0 Å². The van der Waals surface area contributed by atoms with Crippen LogP contribution in [0.1, 0.15) is 0 Å². The van der Waals surface area contributed by atoms with Gasteiger partial charge < -0.3 is 4.98 Å². The maximum atomic E-state index is 4.58. The number of aromatic nitrogens is 1. The maximum absolute atomic E-state index is 4.58. The predicted octanol–water partition coefficient (Wildman–Crippen LogP) is 4.23. The van der Waals surface area contributed by atoms with Gasteiger partial charge in [-0.05, 0) is 22.5 Å². The molecule has 0 atom stereocenters. The van der Waals surface area contributed by atoms with E-state index in [4.69, 9.17) is 0 Å². The topological polar surface area (TPSA) is 12.9 Å². The Morgan fingerprint density at radius 2 is 1.76 bits per heavy atom. The molecule has 0 saturated heterocycles. The standard InChI is InChI=1S/C18H18NP.Ir/c1-20(2,3)16-9-6-8-15(13-16)18-17-10-5-4-7-14(17)11-12-19-18;/h4-7,9-13H,1-3H3;. The molecule has 3 rings (SSSR count). The van der Waals surface area contributed by atoms with Crippen molar-refractivity contribution in [1.82, 2.24) is 4.98 Å². The van der Waals surface area contributed by atoms with Crippen molar-refractivity contribution < 1.29 is 20.1 Å². The average molecular weight is 472 g/mol. The van der Waals surface area contributed by atoms with Gasteiger partial charge in [0, 0.05) is 38.9 Å². The quantitative estimate of drug-likeness (QED) is 0.403. The van der Waals surface area contributed by atoms with E-state index in [-0.39, 0.29) is 20.1 Å². The van der Waals surface area contributed by atoms with Crippen LogP contribution >= 0.6 is 7.26 Å². The fourth-order valence-electron chi connectivity index (χ4n) is 2.34. The van der Waals surface area contributed by atoms with Crippen LogP contribution in [0.5, 0.6) is 0 Å². The number of hydrogen-bond acceptors (Lipinski definition) is 1. The Morgan fingerprint density at radius 1 is 1.00 bits per heavy atom. The third kappa shape index (κ3) is 3.40. The Morgan fingerprint density at radius 3 is 2.52 bits per heavy atom. The minimum absolute atomic E-state index is 0. The summed E-state index contributed by atoms with van der Waals surface area (Å²) in [6, 6.07) is 20.2. The van der Waals surface area contributed by atoms with E-state index in [0.717, 1.165) is 11.3 Å². The van der Waals surface area contributed by atoms with Crippen molar-refractivity contribution in [3.8, 4) is 11.3 Å². The van der Waals surface area contributed by atoms with Crippen molar-refractivity contribution in [2.45, 2.75) is 0 Å². The van der Waals surface area contributed by atoms with Crippen molar-refractivity contribution in [1.29, 1.82) is 0 Å². The molecule has 0 aliphatic heterocycles. The number of benzene rings is 2. The van der Waals surface area contributed by atoms with Crippen LogP contribution in [0.25, 0.3) is 22.0 Å². The van der Waals surface area contributed by atoms with Gasteiger partial charge in [0.2, 0.25) is 0 Å². The first kappa shape index (κ1) is 16.3. The van der Waals surface area contributed by atoms with Gasteiger partial charge in [-0.25, -0.2) is 0 Å². The van der Waals surface area contributed by atoms with Crippen LogP contribution in [0.15, 0.2) is 54.7 Å². The van der Waals surface area contributed by atoms with Crippen LogP contribution in [0, 0.1) is 6.07 Å². The van der Waals surface area contributed by atoms with Crippen molar-refractivity contribution in [2.24, 2.45) is 0 Å². The Labute approximate surface area is 140 Å². The van der Waals surface area contributed by atoms with Crippen LogP contribution < -0.4 is 5.30 Å². The summed E-state index contributed by atoms with van der Waals surface area (Å²) in [6.07, 6.45) is 1.88. The molecule has 0 N–H and O–H groups in total. The van der Waals surface area contributed by atoms with E-state index in [2.05, 4.69) is 73.5 Å². The summed E-state index contributed by atoms with van der Waals surface area (Å²) in [5, 5.41) is 3.83. The van der Waals surface area contributed by atoms with Crippen LogP contribution in [-0.2, 0) is 20.1 Å². The van der Waals surface area contributed by atoms with E-state index in [1.165, 1.54) is 16.1 Å². The number of rotatable bonds is 2. The van der Waals surface area contributed by atoms with Gasteiger partial charge in [0.15, 0.2) is 0 Å². The Balaban J connectivity index is 0.00000161. The van der Waals surface area contributed by atoms with Crippen molar-refractivity contribution in [3.63, 3.8) is 0 Å². The molecule has 1 heterocycles. The van der Waals surface area contributed by atoms with Crippen LogP contribution in [0.4, 0.5) is 0 Å². The minimum atomic E-state index is -1.02. The number of nitrogens with zero attached hydrogens (tertiary/aromatic N) is 1. The molecular weight excluding hydrogens is 453 g/mol. The van der Waals surface area contributed by atoms with Crippen molar-refractivity contribution >= 4 is 23.3 Å². The molecule has 0 amide bonds. The average Bonchev–Trinajstić information content (AvgIpc) is 2.46. The Hall–Kier alpha value is -1.07. The van der Waals surface area contributed by atoms with Crippen molar-refractivity contribution in [3.05, 3.63) is 60.8 Å². The summed E-state index contributed by atoms with van der Waals surface area (Å²) in [6.45, 7) is 7.01. The fourth-order valence-corrected chi connectivity index (χ4v) is 3.38. The molecule has 0 aliphatic carbocycles. The molecule has 109 valence electrons. The zero-order valence-electron chi connectivity index (χ0n) is 12.4. The van der Waals surface area contributed by atoms with E-state index in [9.17, 15) is 0 Å². The van der Waals surface area contributed by atoms with E-state index >= 15 is 0 Å². The van der Waals surface area contributed by atoms with Crippen LogP contribution in [0.3, 0.4) is 0 Å². The summed E-state index contributed by atoms with van der Waals surface area (Å²) in [5.74, 6) is 0. The molecule has 2 aromatic carbocycles. The van der Waals surface area contributed by atoms with Gasteiger partial charge in [0.1, 0.15) is 0 Å². The second-order valence-corrected chi connectivity index (χ2v) is 10.4. The number of hydrogen-bond donors (Lipinski definition) is 0. The van der Waals surface area contributed by atoms with E-state index in [1.807, 2.05) is 12.3 Å². The second-order valence-electron chi connectivity index (χ2n) is 5.85. The summed E-state index contributed by atoms with van der Waals surface area (Å²) >= 11 is 0. The van der Waals surface area contributed by atoms with Crippen LogP contribution in [-0.4, -0.2) is 25.0 Å². The van der Waals surface area contributed by atoms with Gasteiger partial charge in [-0.2, -0.15) is 0 Å². The fraction of sp³-hybridized carbons (Fsp3) is 0.167. The molecule has 1 nitrogen and oxygen atoms in total. The SMILES string of the molecule is C[P+](C)(C)c1cc[c-]c(-c2nccc3ccccc23)c1.[Ir]. The summed E-state index contributed by atoms with van der Waals surface area (Å²) in [7, 11) is -1.02. The first-order valence-corrected chi connectivity index (χ1v) is 9.86. The van der Waals surface area contributed by atoms with E-state index in [1.54, 1.807) is 0 Å². The monoisotopic (exact) mass is 472 g/mol. The molecule has 3 aromatic rings. The zero-order valence-corrected chi connectivity index (χ0v) is 15.7. The maximum Gasteiger partial charge on any atom is 0.0515 e. The number of pyridine rings is 1. The molecule has 0 bridgehead atoms. The van der Waals surface area contributed by atoms with Gasteiger partial charge in [0.05, 0.1) is 20.0 Å². The molecule has 0 aliphatic rings. The second kappa shape index (κ2) is 6.36. The third-order valence-corrected chi connectivity index (χ3v) is 5.32. The molecule has 1 aromatic heterocycles. The number of fused-ring (bicyclic) bond motifs is 1. The molecule has 3 heteroatoms.